The van der Waals surface area contributed by atoms with Gasteiger partial charge in [-0.2, -0.15) is 0 Å². The summed E-state index contributed by atoms with van der Waals surface area (Å²) in [6, 6.07) is 1.73. The zero-order valence-corrected chi connectivity index (χ0v) is 7.78. The van der Waals surface area contributed by atoms with Crippen molar-refractivity contribution in [2.75, 3.05) is 0 Å². The number of nitrogens with zero attached hydrogens (tertiary/aromatic N) is 2. The van der Waals surface area contributed by atoms with E-state index in [1.54, 1.807) is 16.1 Å². The number of aldehydes is 1. The van der Waals surface area contributed by atoms with Crippen LogP contribution < -0.4 is 0 Å². The summed E-state index contributed by atoms with van der Waals surface area (Å²) in [5, 5.41) is 9.32. The van der Waals surface area contributed by atoms with Crippen LogP contribution in [-0.2, 0) is 11.8 Å². The van der Waals surface area contributed by atoms with Gasteiger partial charge < -0.3 is 14.5 Å². The highest BCUT2D eigenvalue weighted by molar-refractivity contribution is 7.16. The minimum atomic E-state index is -1.05. The van der Waals surface area contributed by atoms with Crippen molar-refractivity contribution in [3.05, 3.63) is 17.3 Å². The van der Waals surface area contributed by atoms with Crippen molar-refractivity contribution in [3.8, 4) is 0 Å². The van der Waals surface area contributed by atoms with Crippen molar-refractivity contribution in [1.82, 2.24) is 9.55 Å². The zero-order chi connectivity index (χ0) is 9.42. The van der Waals surface area contributed by atoms with Crippen molar-refractivity contribution in [2.24, 2.45) is 7.05 Å². The Morgan fingerprint density at radius 1 is 1.77 bits per heavy atom. The second-order valence-electron chi connectivity index (χ2n) is 2.75. The molecule has 2 aromatic heterocycles. The Labute approximate surface area is 78.4 Å². The first-order valence-electron chi connectivity index (χ1n) is 3.76. The highest BCUT2D eigenvalue weighted by Gasteiger charge is 2.14. The first-order chi connectivity index (χ1) is 6.24. The van der Waals surface area contributed by atoms with Gasteiger partial charge in [-0.25, -0.2) is 4.98 Å². The van der Waals surface area contributed by atoms with Gasteiger partial charge in [0, 0.05) is 7.05 Å². The molecule has 0 aliphatic carbocycles. The zero-order valence-electron chi connectivity index (χ0n) is 6.97. The molecule has 0 amide bonds. The number of rotatable bonds is 2. The fraction of sp³-hybridized carbons (Fsp3) is 0.250. The molecule has 0 radical (unpaired) electrons. The Morgan fingerprint density at radius 3 is 3.15 bits per heavy atom. The lowest BCUT2D eigenvalue weighted by Crippen LogP contribution is -2.04. The summed E-state index contributed by atoms with van der Waals surface area (Å²) < 4.78 is 1.78. The molecule has 0 aliphatic heterocycles. The van der Waals surface area contributed by atoms with Crippen molar-refractivity contribution in [2.45, 2.75) is 6.10 Å². The van der Waals surface area contributed by atoms with E-state index in [2.05, 4.69) is 4.98 Å². The summed E-state index contributed by atoms with van der Waals surface area (Å²) >= 11 is 1.49. The van der Waals surface area contributed by atoms with Gasteiger partial charge in [-0.1, -0.05) is 0 Å². The number of aliphatic hydroxyl groups is 1. The number of aromatic nitrogens is 2. The molecule has 0 spiro atoms. The molecule has 2 rings (SSSR count). The van der Waals surface area contributed by atoms with Gasteiger partial charge in [0.15, 0.2) is 6.29 Å². The second kappa shape index (κ2) is 2.93. The quantitative estimate of drug-likeness (QED) is 0.725. The topological polar surface area (TPSA) is 55.1 Å². The average Bonchev–Trinajstić information content (AvgIpc) is 2.68. The molecule has 0 bridgehead atoms. The first kappa shape index (κ1) is 8.40. The van der Waals surface area contributed by atoms with E-state index in [0.29, 0.717) is 12.0 Å². The summed E-state index contributed by atoms with van der Waals surface area (Å²) in [7, 11) is 1.81. The predicted octanol–water partition coefficient (Wildman–Crippen LogP) is 0.867. The van der Waals surface area contributed by atoms with E-state index in [-0.39, 0.29) is 0 Å². The maximum Gasteiger partial charge on any atom is 0.154 e. The van der Waals surface area contributed by atoms with Crippen LogP contribution in [0.4, 0.5) is 0 Å². The molecule has 0 fully saturated rings. The number of aliphatic hydroxyl groups excluding tert-OH is 1. The summed E-state index contributed by atoms with van der Waals surface area (Å²) in [4.78, 5) is 15.4. The number of fused-ring (bicyclic) bond motifs is 1. The molecule has 0 saturated heterocycles. The number of hydrogen-bond acceptors (Lipinski definition) is 4. The Hall–Kier alpha value is -1.20. The van der Waals surface area contributed by atoms with Gasteiger partial charge in [-0.3, -0.25) is 0 Å². The van der Waals surface area contributed by atoms with Crippen LogP contribution in [-0.4, -0.2) is 20.9 Å². The smallest absolute Gasteiger partial charge is 0.154 e. The Kier molecular flexibility index (Phi) is 1.90. The minimum absolute atomic E-state index is 0.513. The third kappa shape index (κ3) is 1.16. The van der Waals surface area contributed by atoms with Gasteiger partial charge in [-0.15, -0.1) is 11.3 Å². The highest BCUT2D eigenvalue weighted by Crippen LogP contribution is 2.24. The Bertz CT molecular complexity index is 446. The highest BCUT2D eigenvalue weighted by atomic mass is 32.1. The summed E-state index contributed by atoms with van der Waals surface area (Å²) in [5.41, 5.74) is 3.15. The van der Waals surface area contributed by atoms with E-state index in [0.717, 1.165) is 10.3 Å². The van der Waals surface area contributed by atoms with Crippen LogP contribution in [0.2, 0.25) is 0 Å². The maximum absolute atomic E-state index is 10.4. The third-order valence-corrected chi connectivity index (χ3v) is 2.90. The van der Waals surface area contributed by atoms with Gasteiger partial charge >= 0.3 is 0 Å². The van der Waals surface area contributed by atoms with Crippen LogP contribution in [0.5, 0.6) is 0 Å². The summed E-state index contributed by atoms with van der Waals surface area (Å²) in [6.45, 7) is 0. The van der Waals surface area contributed by atoms with E-state index in [4.69, 9.17) is 0 Å². The normalized spacial score (nSPS) is 13.4. The number of hydrogen-bond donors (Lipinski definition) is 1. The summed E-state index contributed by atoms with van der Waals surface area (Å²) in [6.07, 6.45) is -0.537. The van der Waals surface area contributed by atoms with Gasteiger partial charge in [0.25, 0.3) is 0 Å². The average molecular weight is 196 g/mol. The maximum atomic E-state index is 10.4. The molecule has 0 aliphatic rings. The van der Waals surface area contributed by atoms with Crippen LogP contribution in [0, 0.1) is 0 Å². The van der Waals surface area contributed by atoms with E-state index < -0.39 is 6.10 Å². The third-order valence-electron chi connectivity index (χ3n) is 1.98. The van der Waals surface area contributed by atoms with Gasteiger partial charge in [-0.05, 0) is 6.07 Å². The molecular weight excluding hydrogens is 188 g/mol. The van der Waals surface area contributed by atoms with Gasteiger partial charge in [0.1, 0.15) is 10.9 Å². The fourth-order valence-electron chi connectivity index (χ4n) is 1.31. The monoisotopic (exact) mass is 196 g/mol. The molecular formula is C8H8N2O2S. The molecule has 1 atom stereocenters. The number of aryl methyl sites for hydroxylation is 1. The lowest BCUT2D eigenvalue weighted by atomic mass is 10.3. The molecule has 0 unspecified atom stereocenters. The van der Waals surface area contributed by atoms with E-state index in [1.165, 1.54) is 11.3 Å². The Morgan fingerprint density at radius 2 is 2.54 bits per heavy atom. The van der Waals surface area contributed by atoms with Crippen molar-refractivity contribution in [3.63, 3.8) is 0 Å². The number of carbonyl (C=O) groups is 1. The van der Waals surface area contributed by atoms with E-state index in [9.17, 15) is 9.90 Å². The molecule has 13 heavy (non-hydrogen) atoms. The lowest BCUT2D eigenvalue weighted by molar-refractivity contribution is -0.115. The molecule has 0 aromatic carbocycles. The fourth-order valence-corrected chi connectivity index (χ4v) is 2.07. The molecule has 68 valence electrons. The first-order valence-corrected chi connectivity index (χ1v) is 4.64. The molecule has 5 heteroatoms. The lowest BCUT2D eigenvalue weighted by Gasteiger charge is -2.03. The van der Waals surface area contributed by atoms with Crippen molar-refractivity contribution >= 4 is 28.0 Å². The molecule has 4 nitrogen and oxygen atoms in total. The van der Waals surface area contributed by atoms with Crippen LogP contribution in [0.25, 0.3) is 10.3 Å². The van der Waals surface area contributed by atoms with E-state index in [1.807, 2.05) is 7.05 Å². The SMILES string of the molecule is Cn1c([C@@H](O)C=O)cc2ncsc21. The number of carbonyl (C=O) groups excluding carboxylic acids is 1. The minimum Gasteiger partial charge on any atom is -0.379 e. The molecule has 1 N–H and O–H groups in total. The van der Waals surface area contributed by atoms with Gasteiger partial charge in [0.2, 0.25) is 0 Å². The predicted molar refractivity (Wildman–Crippen MR) is 49.6 cm³/mol. The van der Waals surface area contributed by atoms with Crippen LogP contribution in [0.3, 0.4) is 0 Å². The van der Waals surface area contributed by atoms with E-state index >= 15 is 0 Å². The molecule has 0 saturated carbocycles. The second-order valence-corrected chi connectivity index (χ2v) is 3.59. The largest absolute Gasteiger partial charge is 0.379 e. The summed E-state index contributed by atoms with van der Waals surface area (Å²) in [5.74, 6) is 0. The van der Waals surface area contributed by atoms with Crippen molar-refractivity contribution < 1.29 is 9.90 Å². The Balaban J connectivity index is 2.63. The van der Waals surface area contributed by atoms with Crippen LogP contribution >= 0.6 is 11.3 Å². The van der Waals surface area contributed by atoms with Crippen molar-refractivity contribution in [1.29, 1.82) is 0 Å². The molecule has 2 aromatic rings. The number of thiazole rings is 1. The standard InChI is InChI=1S/C8H8N2O2S/c1-10-6(7(12)3-11)2-5-8(10)13-4-9-5/h2-4,7,12H,1H3/t7-/m0/s1. The molecule has 2 heterocycles. The van der Waals surface area contributed by atoms with Gasteiger partial charge in [0.05, 0.1) is 16.7 Å². The van der Waals surface area contributed by atoms with Crippen LogP contribution in [0.15, 0.2) is 11.6 Å². The van der Waals surface area contributed by atoms with Crippen LogP contribution in [0.1, 0.15) is 11.8 Å².